The summed E-state index contributed by atoms with van der Waals surface area (Å²) in [6.45, 7) is 3.76. The second-order valence-electron chi connectivity index (χ2n) is 8.33. The summed E-state index contributed by atoms with van der Waals surface area (Å²) in [6, 6.07) is 23.6. The summed E-state index contributed by atoms with van der Waals surface area (Å²) < 4.78 is 10.5. The molecule has 7 heteroatoms. The molecule has 0 bridgehead atoms. The van der Waals surface area contributed by atoms with Gasteiger partial charge in [-0.15, -0.1) is 0 Å². The van der Waals surface area contributed by atoms with Gasteiger partial charge in [0.15, 0.2) is 11.5 Å². The van der Waals surface area contributed by atoms with Gasteiger partial charge in [0.05, 0.1) is 26.4 Å². The van der Waals surface area contributed by atoms with Gasteiger partial charge in [0.2, 0.25) is 5.91 Å². The lowest BCUT2D eigenvalue weighted by Crippen LogP contribution is -2.50. The van der Waals surface area contributed by atoms with Crippen LogP contribution >= 0.6 is 0 Å². The zero-order valence-corrected chi connectivity index (χ0v) is 20.4. The largest absolute Gasteiger partial charge is 0.493 e. The summed E-state index contributed by atoms with van der Waals surface area (Å²) in [5.41, 5.74) is 4.97. The van der Waals surface area contributed by atoms with E-state index in [1.807, 2.05) is 74.5 Å². The first-order valence-corrected chi connectivity index (χ1v) is 11.4. The lowest BCUT2D eigenvalue weighted by Gasteiger charge is -2.24. The fourth-order valence-corrected chi connectivity index (χ4v) is 3.73. The summed E-state index contributed by atoms with van der Waals surface area (Å²) in [5, 5.41) is 7.01. The summed E-state index contributed by atoms with van der Waals surface area (Å²) in [5.74, 6) is -0.181. The van der Waals surface area contributed by atoms with E-state index in [9.17, 15) is 9.59 Å². The van der Waals surface area contributed by atoms with Crippen LogP contribution in [-0.2, 0) is 9.59 Å². The van der Waals surface area contributed by atoms with Crippen molar-refractivity contribution in [3.8, 4) is 11.5 Å². The van der Waals surface area contributed by atoms with Gasteiger partial charge < -0.3 is 14.8 Å². The van der Waals surface area contributed by atoms with Crippen molar-refractivity contribution in [2.24, 2.45) is 11.0 Å². The van der Waals surface area contributed by atoms with Gasteiger partial charge in [-0.25, -0.2) is 5.43 Å². The highest BCUT2D eigenvalue weighted by Gasteiger charge is 2.29. The van der Waals surface area contributed by atoms with E-state index in [0.29, 0.717) is 11.5 Å². The standard InChI is InChI=1S/C28H31N3O4/c1-19(2)26(28(33)31-29-18-20-15-16-23(34-3)24(17-20)35-4)30-27(32)25(21-11-7-5-8-12-21)22-13-9-6-10-14-22/h5-19,25-26H,1-4H3,(H,30,32)(H,31,33)/b29-18+. The SMILES string of the molecule is COc1ccc(/C=N/NC(=O)C(NC(=O)C(c2ccccc2)c2ccccc2)C(C)C)cc1OC. The molecule has 2 N–H and O–H groups in total. The first-order valence-electron chi connectivity index (χ1n) is 11.4. The number of amides is 2. The molecule has 0 saturated heterocycles. The molecule has 0 spiro atoms. The third-order valence-electron chi connectivity index (χ3n) is 5.57. The van der Waals surface area contributed by atoms with E-state index in [0.717, 1.165) is 16.7 Å². The van der Waals surface area contributed by atoms with Gasteiger partial charge in [-0.1, -0.05) is 74.5 Å². The molecule has 0 fully saturated rings. The number of hydrogen-bond donors (Lipinski definition) is 2. The fraction of sp³-hybridized carbons (Fsp3) is 0.250. The number of carbonyl (C=O) groups is 2. The van der Waals surface area contributed by atoms with Crippen molar-refractivity contribution < 1.29 is 19.1 Å². The van der Waals surface area contributed by atoms with E-state index >= 15 is 0 Å². The Kier molecular flexibility index (Phi) is 9.01. The van der Waals surface area contributed by atoms with E-state index in [4.69, 9.17) is 9.47 Å². The molecule has 1 unspecified atom stereocenters. The van der Waals surface area contributed by atoms with Gasteiger partial charge in [0, 0.05) is 0 Å². The maximum atomic E-state index is 13.4. The van der Waals surface area contributed by atoms with Gasteiger partial charge in [0.1, 0.15) is 6.04 Å². The minimum Gasteiger partial charge on any atom is -0.493 e. The highest BCUT2D eigenvalue weighted by atomic mass is 16.5. The first-order chi connectivity index (χ1) is 16.9. The number of benzene rings is 3. The van der Waals surface area contributed by atoms with Crippen LogP contribution < -0.4 is 20.2 Å². The molecule has 1 atom stereocenters. The number of hydrogen-bond acceptors (Lipinski definition) is 5. The Morgan fingerprint density at radius 2 is 1.37 bits per heavy atom. The van der Waals surface area contributed by atoms with E-state index < -0.39 is 17.9 Å². The summed E-state index contributed by atoms with van der Waals surface area (Å²) in [4.78, 5) is 26.4. The van der Waals surface area contributed by atoms with Gasteiger partial charge in [-0.3, -0.25) is 9.59 Å². The highest BCUT2D eigenvalue weighted by molar-refractivity contribution is 5.93. The quantitative estimate of drug-likeness (QED) is 0.342. The third kappa shape index (κ3) is 6.69. The maximum Gasteiger partial charge on any atom is 0.262 e. The fourth-order valence-electron chi connectivity index (χ4n) is 3.73. The van der Waals surface area contributed by atoms with Crippen LogP contribution in [0.5, 0.6) is 11.5 Å². The van der Waals surface area contributed by atoms with Crippen LogP contribution in [0.4, 0.5) is 0 Å². The zero-order chi connectivity index (χ0) is 25.2. The van der Waals surface area contributed by atoms with Gasteiger partial charge in [-0.05, 0) is 40.8 Å². The third-order valence-corrected chi connectivity index (χ3v) is 5.57. The molecule has 7 nitrogen and oxygen atoms in total. The number of nitrogens with one attached hydrogen (secondary N) is 2. The number of ether oxygens (including phenoxy) is 2. The van der Waals surface area contributed by atoms with Crippen molar-refractivity contribution in [3.63, 3.8) is 0 Å². The van der Waals surface area contributed by atoms with E-state index in [-0.39, 0.29) is 11.8 Å². The Labute approximate surface area is 206 Å². The normalized spacial score (nSPS) is 11.9. The molecular formula is C28H31N3O4. The van der Waals surface area contributed by atoms with Crippen LogP contribution in [0.2, 0.25) is 0 Å². The zero-order valence-electron chi connectivity index (χ0n) is 20.4. The van der Waals surface area contributed by atoms with Crippen molar-refractivity contribution in [1.29, 1.82) is 0 Å². The van der Waals surface area contributed by atoms with Crippen molar-refractivity contribution >= 4 is 18.0 Å². The monoisotopic (exact) mass is 473 g/mol. The molecular weight excluding hydrogens is 442 g/mol. The second-order valence-corrected chi connectivity index (χ2v) is 8.33. The number of hydrazone groups is 1. The topological polar surface area (TPSA) is 89.0 Å². The van der Waals surface area contributed by atoms with E-state index in [1.165, 1.54) is 6.21 Å². The second kappa shape index (κ2) is 12.4. The molecule has 35 heavy (non-hydrogen) atoms. The number of carbonyl (C=O) groups excluding carboxylic acids is 2. The van der Waals surface area contributed by atoms with Crippen LogP contribution in [0.1, 0.15) is 36.5 Å². The number of methoxy groups -OCH3 is 2. The van der Waals surface area contributed by atoms with Crippen LogP contribution in [0.25, 0.3) is 0 Å². The maximum absolute atomic E-state index is 13.4. The average Bonchev–Trinajstić information content (AvgIpc) is 2.88. The molecule has 0 heterocycles. The van der Waals surface area contributed by atoms with Crippen LogP contribution in [0, 0.1) is 5.92 Å². The van der Waals surface area contributed by atoms with Crippen molar-refractivity contribution in [2.45, 2.75) is 25.8 Å². The Hall–Kier alpha value is -4.13. The number of nitrogens with zero attached hydrogens (tertiary/aromatic N) is 1. The van der Waals surface area contributed by atoms with E-state index in [2.05, 4.69) is 15.8 Å². The van der Waals surface area contributed by atoms with Crippen LogP contribution in [-0.4, -0.2) is 38.3 Å². The number of rotatable bonds is 10. The minimum absolute atomic E-state index is 0.151. The Morgan fingerprint density at radius 1 is 0.800 bits per heavy atom. The molecule has 0 aromatic heterocycles. The molecule has 3 rings (SSSR count). The van der Waals surface area contributed by atoms with Gasteiger partial charge >= 0.3 is 0 Å². The van der Waals surface area contributed by atoms with Crippen molar-refractivity contribution in [1.82, 2.24) is 10.7 Å². The minimum atomic E-state index is -0.764. The van der Waals surface area contributed by atoms with Gasteiger partial charge in [-0.2, -0.15) is 5.10 Å². The Balaban J connectivity index is 1.74. The summed E-state index contributed by atoms with van der Waals surface area (Å²) >= 11 is 0. The lowest BCUT2D eigenvalue weighted by molar-refractivity contribution is -0.130. The molecule has 3 aromatic rings. The Bertz CT molecular complexity index is 1110. The van der Waals surface area contributed by atoms with Crippen LogP contribution in [0.3, 0.4) is 0 Å². The van der Waals surface area contributed by atoms with Crippen molar-refractivity contribution in [2.75, 3.05) is 14.2 Å². The predicted molar refractivity (Wildman–Crippen MR) is 137 cm³/mol. The molecule has 3 aromatic carbocycles. The smallest absolute Gasteiger partial charge is 0.262 e. The lowest BCUT2D eigenvalue weighted by atomic mass is 9.89. The molecule has 0 aliphatic rings. The van der Waals surface area contributed by atoms with Gasteiger partial charge in [0.25, 0.3) is 5.91 Å². The average molecular weight is 474 g/mol. The molecule has 0 aliphatic heterocycles. The van der Waals surface area contributed by atoms with Crippen molar-refractivity contribution in [3.05, 3.63) is 95.6 Å². The molecule has 182 valence electrons. The molecule has 0 radical (unpaired) electrons. The highest BCUT2D eigenvalue weighted by Crippen LogP contribution is 2.27. The summed E-state index contributed by atoms with van der Waals surface area (Å²) in [6.07, 6.45) is 1.51. The summed E-state index contributed by atoms with van der Waals surface area (Å²) in [7, 11) is 3.11. The molecule has 0 aliphatic carbocycles. The first kappa shape index (κ1) is 25.5. The Morgan fingerprint density at radius 3 is 1.89 bits per heavy atom. The molecule has 2 amide bonds. The predicted octanol–water partition coefficient (Wildman–Crippen LogP) is 4.13. The molecule has 0 saturated carbocycles. The van der Waals surface area contributed by atoms with Crippen LogP contribution in [0.15, 0.2) is 84.0 Å². The van der Waals surface area contributed by atoms with E-state index in [1.54, 1.807) is 32.4 Å².